The number of hydrogen-bond acceptors (Lipinski definition) is 2. The number of nitrogens with one attached hydrogen (secondary N) is 1. The summed E-state index contributed by atoms with van der Waals surface area (Å²) in [5, 5.41) is 12.3. The van der Waals surface area contributed by atoms with Crippen molar-refractivity contribution in [2.75, 3.05) is 6.54 Å². The largest absolute Gasteiger partial charge is 0.508 e. The molecule has 2 N–H and O–H groups in total. The zero-order chi connectivity index (χ0) is 9.52. The first-order valence-corrected chi connectivity index (χ1v) is 4.21. The van der Waals surface area contributed by atoms with Crippen molar-refractivity contribution in [3.8, 4) is 17.6 Å². The molecule has 0 aliphatic heterocycles. The molecule has 0 radical (unpaired) electrons. The second-order valence-electron chi connectivity index (χ2n) is 2.70. The molecule has 1 aromatic carbocycles. The molecule has 0 amide bonds. The zero-order valence-corrected chi connectivity index (χ0v) is 7.67. The van der Waals surface area contributed by atoms with E-state index < -0.39 is 0 Å². The third-order valence-corrected chi connectivity index (χ3v) is 1.63. The van der Waals surface area contributed by atoms with Crippen LogP contribution < -0.4 is 5.32 Å². The average Bonchev–Trinajstić information content (AvgIpc) is 2.13. The van der Waals surface area contributed by atoms with Crippen LogP contribution in [-0.2, 0) is 6.54 Å². The van der Waals surface area contributed by atoms with E-state index in [0.717, 1.165) is 12.1 Å². The maximum absolute atomic E-state index is 9.16. The van der Waals surface area contributed by atoms with Gasteiger partial charge in [0.15, 0.2) is 0 Å². The summed E-state index contributed by atoms with van der Waals surface area (Å²) < 4.78 is 0. The Kier molecular flexibility index (Phi) is 3.87. The van der Waals surface area contributed by atoms with E-state index in [9.17, 15) is 0 Å². The van der Waals surface area contributed by atoms with Gasteiger partial charge in [0.05, 0.1) is 6.54 Å². The lowest BCUT2D eigenvalue weighted by Gasteiger charge is -2.01. The molecule has 0 saturated carbocycles. The molecular formula is C11H13NO. The highest BCUT2D eigenvalue weighted by atomic mass is 16.3. The van der Waals surface area contributed by atoms with Crippen LogP contribution in [0.5, 0.6) is 5.75 Å². The topological polar surface area (TPSA) is 32.3 Å². The minimum absolute atomic E-state index is 0.306. The Labute approximate surface area is 78.6 Å². The van der Waals surface area contributed by atoms with Crippen molar-refractivity contribution >= 4 is 0 Å². The van der Waals surface area contributed by atoms with E-state index in [0.29, 0.717) is 12.3 Å². The van der Waals surface area contributed by atoms with Crippen LogP contribution >= 0.6 is 0 Å². The lowest BCUT2D eigenvalue weighted by atomic mass is 10.2. The molecule has 2 nitrogen and oxygen atoms in total. The standard InChI is InChI=1S/C11H13NO/c1-2-3-7-12-9-10-5-4-6-11(13)8-10/h4-6,8,12-13H,7,9H2,1H3. The van der Waals surface area contributed by atoms with Crippen LogP contribution in [0.3, 0.4) is 0 Å². The molecule has 13 heavy (non-hydrogen) atoms. The van der Waals surface area contributed by atoms with E-state index in [1.165, 1.54) is 0 Å². The van der Waals surface area contributed by atoms with Gasteiger partial charge in [-0.25, -0.2) is 0 Å². The fourth-order valence-corrected chi connectivity index (χ4v) is 1.02. The zero-order valence-electron chi connectivity index (χ0n) is 7.67. The van der Waals surface area contributed by atoms with Crippen LogP contribution in [0.4, 0.5) is 0 Å². The van der Waals surface area contributed by atoms with Crippen molar-refractivity contribution in [3.63, 3.8) is 0 Å². The molecule has 0 bridgehead atoms. The SMILES string of the molecule is CC#CCNCc1cccc(O)c1. The first-order valence-electron chi connectivity index (χ1n) is 4.21. The fourth-order valence-electron chi connectivity index (χ4n) is 1.02. The summed E-state index contributed by atoms with van der Waals surface area (Å²) in [6.07, 6.45) is 0. The van der Waals surface area contributed by atoms with Gasteiger partial charge in [0.2, 0.25) is 0 Å². The Morgan fingerprint density at radius 3 is 3.00 bits per heavy atom. The molecule has 0 spiro atoms. The predicted molar refractivity (Wildman–Crippen MR) is 53.3 cm³/mol. The van der Waals surface area contributed by atoms with E-state index in [-0.39, 0.29) is 0 Å². The Hall–Kier alpha value is -1.46. The van der Waals surface area contributed by atoms with Gasteiger partial charge in [-0.3, -0.25) is 0 Å². The van der Waals surface area contributed by atoms with E-state index in [4.69, 9.17) is 5.11 Å². The maximum atomic E-state index is 9.16. The van der Waals surface area contributed by atoms with Gasteiger partial charge in [0.25, 0.3) is 0 Å². The fraction of sp³-hybridized carbons (Fsp3) is 0.273. The molecule has 0 unspecified atom stereocenters. The molecule has 0 heterocycles. The quantitative estimate of drug-likeness (QED) is 0.539. The Morgan fingerprint density at radius 1 is 1.46 bits per heavy atom. The van der Waals surface area contributed by atoms with Crippen molar-refractivity contribution in [3.05, 3.63) is 29.8 Å². The lowest BCUT2D eigenvalue weighted by molar-refractivity contribution is 0.474. The van der Waals surface area contributed by atoms with Crippen molar-refractivity contribution in [2.45, 2.75) is 13.5 Å². The highest BCUT2D eigenvalue weighted by molar-refractivity contribution is 5.26. The Morgan fingerprint density at radius 2 is 2.31 bits per heavy atom. The molecule has 0 fully saturated rings. The van der Waals surface area contributed by atoms with Crippen molar-refractivity contribution < 1.29 is 5.11 Å². The molecule has 0 atom stereocenters. The van der Waals surface area contributed by atoms with Gasteiger partial charge < -0.3 is 10.4 Å². The van der Waals surface area contributed by atoms with Crippen molar-refractivity contribution in [2.24, 2.45) is 0 Å². The van der Waals surface area contributed by atoms with Gasteiger partial charge in [-0.15, -0.1) is 5.92 Å². The molecule has 1 aromatic rings. The molecule has 0 aliphatic rings. The summed E-state index contributed by atoms with van der Waals surface area (Å²) >= 11 is 0. The minimum atomic E-state index is 0.306. The van der Waals surface area contributed by atoms with E-state index in [2.05, 4.69) is 17.2 Å². The highest BCUT2D eigenvalue weighted by Crippen LogP contribution is 2.09. The first-order chi connectivity index (χ1) is 6.33. The second-order valence-corrected chi connectivity index (χ2v) is 2.70. The number of hydrogen-bond donors (Lipinski definition) is 2. The van der Waals surface area contributed by atoms with Crippen LogP contribution in [0.2, 0.25) is 0 Å². The number of rotatable bonds is 3. The van der Waals surface area contributed by atoms with Crippen LogP contribution in [0, 0.1) is 11.8 Å². The van der Waals surface area contributed by atoms with Crippen LogP contribution in [0.1, 0.15) is 12.5 Å². The van der Waals surface area contributed by atoms with Gasteiger partial charge >= 0.3 is 0 Å². The Bertz CT molecular complexity index is 322. The van der Waals surface area contributed by atoms with Gasteiger partial charge in [-0.1, -0.05) is 18.1 Å². The summed E-state index contributed by atoms with van der Waals surface area (Å²) in [7, 11) is 0. The number of phenolic OH excluding ortho intramolecular Hbond substituents is 1. The van der Waals surface area contributed by atoms with Gasteiger partial charge in [-0.05, 0) is 24.6 Å². The van der Waals surface area contributed by atoms with Crippen LogP contribution in [-0.4, -0.2) is 11.7 Å². The van der Waals surface area contributed by atoms with Crippen molar-refractivity contribution in [1.29, 1.82) is 0 Å². The minimum Gasteiger partial charge on any atom is -0.508 e. The van der Waals surface area contributed by atoms with Crippen LogP contribution in [0.15, 0.2) is 24.3 Å². The van der Waals surface area contributed by atoms with Crippen molar-refractivity contribution in [1.82, 2.24) is 5.32 Å². The molecule has 2 heteroatoms. The second kappa shape index (κ2) is 5.23. The molecule has 0 aliphatic carbocycles. The highest BCUT2D eigenvalue weighted by Gasteiger charge is 1.92. The predicted octanol–water partition coefficient (Wildman–Crippen LogP) is 1.51. The third-order valence-electron chi connectivity index (χ3n) is 1.63. The monoisotopic (exact) mass is 175 g/mol. The maximum Gasteiger partial charge on any atom is 0.115 e. The number of benzene rings is 1. The summed E-state index contributed by atoms with van der Waals surface area (Å²) in [4.78, 5) is 0. The van der Waals surface area contributed by atoms with Gasteiger partial charge in [0, 0.05) is 6.54 Å². The first kappa shape index (κ1) is 9.63. The molecule has 0 saturated heterocycles. The Balaban J connectivity index is 2.39. The molecular weight excluding hydrogens is 162 g/mol. The average molecular weight is 175 g/mol. The van der Waals surface area contributed by atoms with Gasteiger partial charge in [0.1, 0.15) is 5.75 Å². The number of aromatic hydroxyl groups is 1. The molecule has 1 rings (SSSR count). The van der Waals surface area contributed by atoms with Gasteiger partial charge in [-0.2, -0.15) is 0 Å². The lowest BCUT2D eigenvalue weighted by Crippen LogP contribution is -2.12. The summed E-state index contributed by atoms with van der Waals surface area (Å²) in [5.41, 5.74) is 1.07. The molecule has 0 aromatic heterocycles. The van der Waals surface area contributed by atoms with Crippen LogP contribution in [0.25, 0.3) is 0 Å². The van der Waals surface area contributed by atoms with E-state index >= 15 is 0 Å². The number of phenols is 1. The smallest absolute Gasteiger partial charge is 0.115 e. The van der Waals surface area contributed by atoms with E-state index in [1.54, 1.807) is 12.1 Å². The summed E-state index contributed by atoms with van der Waals surface area (Å²) in [6, 6.07) is 7.20. The van der Waals surface area contributed by atoms with E-state index in [1.807, 2.05) is 19.1 Å². The summed E-state index contributed by atoms with van der Waals surface area (Å²) in [5.74, 6) is 6.02. The normalized spacial score (nSPS) is 9.00. The molecule has 68 valence electrons. The third kappa shape index (κ3) is 3.64. The summed E-state index contributed by atoms with van der Waals surface area (Å²) in [6.45, 7) is 3.24.